The van der Waals surface area contributed by atoms with Crippen LogP contribution in [0.25, 0.3) is 10.8 Å². The van der Waals surface area contributed by atoms with Crippen LogP contribution < -0.4 is 4.74 Å². The Bertz CT molecular complexity index is 442. The van der Waals surface area contributed by atoms with Crippen molar-refractivity contribution in [3.8, 4) is 5.75 Å². The standard InChI is InChI=1S/C10H8ClNO/c1-13-10-3-2-9(11)7-4-5-12-6-8(7)10/h2-6H,1H3. The van der Waals surface area contributed by atoms with Crippen molar-refractivity contribution in [1.29, 1.82) is 0 Å². The molecule has 0 aliphatic rings. The van der Waals surface area contributed by atoms with Gasteiger partial charge in [0.25, 0.3) is 0 Å². The average Bonchev–Trinajstić information content (AvgIpc) is 2.19. The van der Waals surface area contributed by atoms with Crippen molar-refractivity contribution in [2.45, 2.75) is 0 Å². The van der Waals surface area contributed by atoms with Crippen LogP contribution in [-0.2, 0) is 0 Å². The second-order valence-electron chi connectivity index (χ2n) is 2.67. The number of aromatic nitrogens is 1. The molecule has 1 aromatic carbocycles. The monoisotopic (exact) mass is 193 g/mol. The Kier molecular flexibility index (Phi) is 2.07. The predicted octanol–water partition coefficient (Wildman–Crippen LogP) is 2.90. The lowest BCUT2D eigenvalue weighted by Crippen LogP contribution is -1.85. The molecule has 0 fully saturated rings. The number of fused-ring (bicyclic) bond motifs is 1. The number of hydrogen-bond donors (Lipinski definition) is 0. The molecule has 0 saturated heterocycles. The van der Waals surface area contributed by atoms with E-state index in [1.54, 1.807) is 19.5 Å². The Morgan fingerprint density at radius 3 is 2.85 bits per heavy atom. The fourth-order valence-electron chi connectivity index (χ4n) is 1.31. The second kappa shape index (κ2) is 3.23. The third-order valence-corrected chi connectivity index (χ3v) is 2.27. The lowest BCUT2D eigenvalue weighted by Gasteiger charge is -2.05. The lowest BCUT2D eigenvalue weighted by atomic mass is 10.1. The zero-order chi connectivity index (χ0) is 9.26. The third-order valence-electron chi connectivity index (χ3n) is 1.94. The van der Waals surface area contributed by atoms with Crippen molar-refractivity contribution < 1.29 is 4.74 Å². The average molecular weight is 194 g/mol. The van der Waals surface area contributed by atoms with Crippen LogP contribution in [0.3, 0.4) is 0 Å². The maximum Gasteiger partial charge on any atom is 0.128 e. The summed E-state index contributed by atoms with van der Waals surface area (Å²) in [4.78, 5) is 4.02. The van der Waals surface area contributed by atoms with Crippen LogP contribution in [0.5, 0.6) is 5.75 Å². The molecule has 0 N–H and O–H groups in total. The quantitative estimate of drug-likeness (QED) is 0.695. The van der Waals surface area contributed by atoms with E-state index in [2.05, 4.69) is 4.98 Å². The highest BCUT2D eigenvalue weighted by molar-refractivity contribution is 6.35. The molecular weight excluding hydrogens is 186 g/mol. The van der Waals surface area contributed by atoms with Crippen molar-refractivity contribution in [2.24, 2.45) is 0 Å². The summed E-state index contributed by atoms with van der Waals surface area (Å²) < 4.78 is 5.18. The summed E-state index contributed by atoms with van der Waals surface area (Å²) >= 11 is 6.00. The van der Waals surface area contributed by atoms with Gasteiger partial charge in [-0.05, 0) is 18.2 Å². The zero-order valence-electron chi connectivity index (χ0n) is 7.12. The highest BCUT2D eigenvalue weighted by Gasteiger charge is 2.03. The molecule has 66 valence electrons. The first-order valence-corrected chi connectivity index (χ1v) is 4.27. The van der Waals surface area contributed by atoms with Gasteiger partial charge in [0.1, 0.15) is 5.75 Å². The summed E-state index contributed by atoms with van der Waals surface area (Å²) in [5.41, 5.74) is 0. The molecule has 0 aliphatic carbocycles. The SMILES string of the molecule is COc1ccc(Cl)c2ccncc12. The van der Waals surface area contributed by atoms with Crippen LogP contribution in [0, 0.1) is 0 Å². The van der Waals surface area contributed by atoms with Gasteiger partial charge in [0.2, 0.25) is 0 Å². The van der Waals surface area contributed by atoms with Crippen LogP contribution in [0.15, 0.2) is 30.6 Å². The van der Waals surface area contributed by atoms with Gasteiger partial charge in [-0.15, -0.1) is 0 Å². The van der Waals surface area contributed by atoms with E-state index < -0.39 is 0 Å². The normalized spacial score (nSPS) is 10.3. The minimum absolute atomic E-state index is 0.721. The van der Waals surface area contributed by atoms with Gasteiger partial charge in [-0.2, -0.15) is 0 Å². The van der Waals surface area contributed by atoms with E-state index in [1.165, 1.54) is 0 Å². The third kappa shape index (κ3) is 1.33. The number of nitrogens with zero attached hydrogens (tertiary/aromatic N) is 1. The fourth-order valence-corrected chi connectivity index (χ4v) is 1.53. The number of hydrogen-bond acceptors (Lipinski definition) is 2. The number of ether oxygens (including phenoxy) is 1. The highest BCUT2D eigenvalue weighted by atomic mass is 35.5. The molecular formula is C10H8ClNO. The Hall–Kier alpha value is -1.28. The Labute approximate surface area is 81.1 Å². The number of benzene rings is 1. The van der Waals surface area contributed by atoms with E-state index in [-0.39, 0.29) is 0 Å². The summed E-state index contributed by atoms with van der Waals surface area (Å²) in [7, 11) is 1.63. The first-order valence-electron chi connectivity index (χ1n) is 3.89. The van der Waals surface area contributed by atoms with Crippen molar-refractivity contribution in [2.75, 3.05) is 7.11 Å². The molecule has 0 spiro atoms. The fraction of sp³-hybridized carbons (Fsp3) is 0.100. The molecule has 13 heavy (non-hydrogen) atoms. The number of pyridine rings is 1. The molecule has 0 bridgehead atoms. The van der Waals surface area contributed by atoms with Gasteiger partial charge in [0, 0.05) is 28.2 Å². The molecule has 0 atom stereocenters. The van der Waals surface area contributed by atoms with Gasteiger partial charge in [-0.1, -0.05) is 11.6 Å². The van der Waals surface area contributed by atoms with Gasteiger partial charge in [0.15, 0.2) is 0 Å². The van der Waals surface area contributed by atoms with Crippen molar-refractivity contribution in [3.63, 3.8) is 0 Å². The molecule has 0 saturated carbocycles. The Balaban J connectivity index is 2.84. The Morgan fingerprint density at radius 1 is 1.23 bits per heavy atom. The van der Waals surface area contributed by atoms with Crippen LogP contribution in [0.1, 0.15) is 0 Å². The molecule has 0 radical (unpaired) electrons. The minimum atomic E-state index is 0.721. The molecule has 1 heterocycles. The van der Waals surface area contributed by atoms with Crippen LogP contribution in [0.2, 0.25) is 5.02 Å². The van der Waals surface area contributed by atoms with E-state index in [0.717, 1.165) is 21.5 Å². The molecule has 3 heteroatoms. The van der Waals surface area contributed by atoms with Crippen LogP contribution in [-0.4, -0.2) is 12.1 Å². The first kappa shape index (κ1) is 8.32. The molecule has 0 amide bonds. The summed E-state index contributed by atoms with van der Waals surface area (Å²) in [6.45, 7) is 0. The van der Waals surface area contributed by atoms with E-state index in [4.69, 9.17) is 16.3 Å². The van der Waals surface area contributed by atoms with Gasteiger partial charge >= 0.3 is 0 Å². The van der Waals surface area contributed by atoms with E-state index in [1.807, 2.05) is 18.2 Å². The molecule has 0 aliphatic heterocycles. The number of rotatable bonds is 1. The van der Waals surface area contributed by atoms with E-state index >= 15 is 0 Å². The maximum absolute atomic E-state index is 6.00. The van der Waals surface area contributed by atoms with E-state index in [9.17, 15) is 0 Å². The minimum Gasteiger partial charge on any atom is -0.496 e. The predicted molar refractivity (Wildman–Crippen MR) is 53.3 cm³/mol. The summed E-state index contributed by atoms with van der Waals surface area (Å²) in [5, 5.41) is 2.63. The molecule has 2 nitrogen and oxygen atoms in total. The molecule has 2 rings (SSSR count). The van der Waals surface area contributed by atoms with Gasteiger partial charge in [-0.25, -0.2) is 0 Å². The maximum atomic E-state index is 6.00. The summed E-state index contributed by atoms with van der Waals surface area (Å²) in [5.74, 6) is 0.799. The smallest absolute Gasteiger partial charge is 0.128 e. The molecule has 1 aromatic heterocycles. The first-order chi connectivity index (χ1) is 6.33. The molecule has 0 unspecified atom stereocenters. The zero-order valence-corrected chi connectivity index (χ0v) is 7.88. The van der Waals surface area contributed by atoms with Gasteiger partial charge in [0.05, 0.1) is 7.11 Å². The Morgan fingerprint density at radius 2 is 2.08 bits per heavy atom. The molecule has 2 aromatic rings. The highest BCUT2D eigenvalue weighted by Crippen LogP contribution is 2.29. The van der Waals surface area contributed by atoms with Crippen molar-refractivity contribution in [1.82, 2.24) is 4.98 Å². The largest absolute Gasteiger partial charge is 0.496 e. The van der Waals surface area contributed by atoms with Crippen molar-refractivity contribution in [3.05, 3.63) is 35.6 Å². The number of methoxy groups -OCH3 is 1. The van der Waals surface area contributed by atoms with Crippen LogP contribution >= 0.6 is 11.6 Å². The topological polar surface area (TPSA) is 22.1 Å². The summed E-state index contributed by atoms with van der Waals surface area (Å²) in [6.07, 6.45) is 3.47. The van der Waals surface area contributed by atoms with Crippen LogP contribution in [0.4, 0.5) is 0 Å². The second-order valence-corrected chi connectivity index (χ2v) is 3.08. The van der Waals surface area contributed by atoms with Gasteiger partial charge in [-0.3, -0.25) is 4.98 Å². The van der Waals surface area contributed by atoms with E-state index in [0.29, 0.717) is 0 Å². The lowest BCUT2D eigenvalue weighted by molar-refractivity contribution is 0.419. The van der Waals surface area contributed by atoms with Gasteiger partial charge < -0.3 is 4.74 Å². The summed E-state index contributed by atoms with van der Waals surface area (Å²) in [6, 6.07) is 5.54. The number of halogens is 1. The van der Waals surface area contributed by atoms with Crippen molar-refractivity contribution >= 4 is 22.4 Å².